The van der Waals surface area contributed by atoms with E-state index < -0.39 is 0 Å². The molecule has 7 nitrogen and oxygen atoms in total. The van der Waals surface area contributed by atoms with Gasteiger partial charge in [0.25, 0.3) is 5.91 Å². The van der Waals surface area contributed by atoms with Crippen LogP contribution < -0.4 is 16.0 Å². The van der Waals surface area contributed by atoms with E-state index in [1.54, 1.807) is 24.3 Å². The largest absolute Gasteiger partial charge is 0.352 e. The van der Waals surface area contributed by atoms with Gasteiger partial charge in [-0.15, -0.1) is 12.4 Å². The molecule has 0 spiro atoms. The van der Waals surface area contributed by atoms with Crippen LogP contribution >= 0.6 is 12.4 Å². The summed E-state index contributed by atoms with van der Waals surface area (Å²) in [7, 11) is 0. The van der Waals surface area contributed by atoms with Crippen LogP contribution in [-0.4, -0.2) is 48.9 Å². The Labute approximate surface area is 152 Å². The molecule has 8 heteroatoms. The Morgan fingerprint density at radius 3 is 2.60 bits per heavy atom. The molecule has 1 aromatic carbocycles. The number of hydrogen-bond donors (Lipinski definition) is 3. The van der Waals surface area contributed by atoms with Crippen LogP contribution in [-0.2, 0) is 11.3 Å². The summed E-state index contributed by atoms with van der Waals surface area (Å²) in [6.07, 6.45) is 2.29. The van der Waals surface area contributed by atoms with Crippen LogP contribution in [0.2, 0.25) is 0 Å². The van der Waals surface area contributed by atoms with Crippen LogP contribution in [0.5, 0.6) is 0 Å². The molecule has 3 N–H and O–H groups in total. The van der Waals surface area contributed by atoms with E-state index in [-0.39, 0.29) is 43.3 Å². The van der Waals surface area contributed by atoms with Gasteiger partial charge in [0.2, 0.25) is 5.91 Å². The Balaban J connectivity index is 0.00000225. The van der Waals surface area contributed by atoms with Crippen LogP contribution in [0.3, 0.4) is 0 Å². The summed E-state index contributed by atoms with van der Waals surface area (Å²) in [5.41, 5.74) is 1.40. The zero-order valence-corrected chi connectivity index (χ0v) is 14.7. The maximum Gasteiger partial charge on any atom is 0.324 e. The van der Waals surface area contributed by atoms with E-state index >= 15 is 0 Å². The molecular formula is C17H23ClN4O3. The van der Waals surface area contributed by atoms with E-state index in [1.807, 2.05) is 0 Å². The number of urea groups is 1. The van der Waals surface area contributed by atoms with E-state index in [0.29, 0.717) is 18.0 Å². The Hall–Kier alpha value is -2.12. The highest BCUT2D eigenvalue weighted by Gasteiger charge is 2.28. The number of amides is 4. The fourth-order valence-corrected chi connectivity index (χ4v) is 3.00. The highest BCUT2D eigenvalue weighted by Crippen LogP contribution is 2.11. The summed E-state index contributed by atoms with van der Waals surface area (Å²) in [5, 5.41) is 8.78. The smallest absolute Gasteiger partial charge is 0.324 e. The van der Waals surface area contributed by atoms with Crippen LogP contribution in [0.4, 0.5) is 4.79 Å². The minimum absolute atomic E-state index is 0. The number of carbonyl (C=O) groups excluding carboxylic acids is 3. The Kier molecular flexibility index (Phi) is 6.78. The lowest BCUT2D eigenvalue weighted by Crippen LogP contribution is -2.38. The number of nitrogens with one attached hydrogen (secondary N) is 3. The van der Waals surface area contributed by atoms with E-state index in [2.05, 4.69) is 16.0 Å². The van der Waals surface area contributed by atoms with Gasteiger partial charge in [-0.3, -0.25) is 14.5 Å². The quantitative estimate of drug-likeness (QED) is 0.675. The lowest BCUT2D eigenvalue weighted by Gasteiger charge is -2.22. The number of rotatable bonds is 5. The molecule has 1 unspecified atom stereocenters. The van der Waals surface area contributed by atoms with Gasteiger partial charge in [-0.25, -0.2) is 4.79 Å². The van der Waals surface area contributed by atoms with Crippen molar-refractivity contribution in [1.82, 2.24) is 20.9 Å². The van der Waals surface area contributed by atoms with Crippen molar-refractivity contribution < 1.29 is 14.4 Å². The molecule has 25 heavy (non-hydrogen) atoms. The van der Waals surface area contributed by atoms with Gasteiger partial charge in [-0.2, -0.15) is 0 Å². The predicted octanol–water partition coefficient (Wildman–Crippen LogP) is 0.890. The van der Waals surface area contributed by atoms with Crippen molar-refractivity contribution in [1.29, 1.82) is 0 Å². The van der Waals surface area contributed by atoms with Gasteiger partial charge in [0.05, 0.1) is 13.1 Å². The summed E-state index contributed by atoms with van der Waals surface area (Å²) >= 11 is 0. The summed E-state index contributed by atoms with van der Waals surface area (Å²) in [6, 6.07) is 6.62. The second-order valence-electron chi connectivity index (χ2n) is 6.26. The number of piperidine rings is 1. The summed E-state index contributed by atoms with van der Waals surface area (Å²) < 4.78 is 0. The number of imide groups is 1. The topological polar surface area (TPSA) is 90.5 Å². The van der Waals surface area contributed by atoms with E-state index in [1.165, 1.54) is 4.90 Å². The molecule has 2 aliphatic heterocycles. The summed E-state index contributed by atoms with van der Waals surface area (Å²) in [5.74, 6) is 0.159. The molecule has 0 radical (unpaired) electrons. The van der Waals surface area contributed by atoms with Crippen LogP contribution in [0.25, 0.3) is 0 Å². The second-order valence-corrected chi connectivity index (χ2v) is 6.26. The van der Waals surface area contributed by atoms with E-state index in [9.17, 15) is 14.4 Å². The van der Waals surface area contributed by atoms with Crippen LogP contribution in [0.1, 0.15) is 28.8 Å². The third kappa shape index (κ3) is 4.93. The standard InChI is InChI=1S/C17H22N4O3.ClH/c22-15-10-20-17(24)21(15)11-12-3-5-14(6-4-12)16(23)19-9-13-2-1-7-18-8-13;/h3-6,13,18H,1-2,7-11H2,(H,19,23)(H,20,24);1H. The minimum atomic E-state index is -0.372. The van der Waals surface area contributed by atoms with Crippen LogP contribution in [0, 0.1) is 5.92 Å². The molecule has 2 fully saturated rings. The Morgan fingerprint density at radius 1 is 1.24 bits per heavy atom. The monoisotopic (exact) mass is 366 g/mol. The maximum absolute atomic E-state index is 12.2. The van der Waals surface area contributed by atoms with Gasteiger partial charge >= 0.3 is 6.03 Å². The maximum atomic E-state index is 12.2. The molecule has 0 aromatic heterocycles. The zero-order chi connectivity index (χ0) is 16.9. The van der Waals surface area contributed by atoms with E-state index in [0.717, 1.165) is 31.5 Å². The molecule has 0 aliphatic carbocycles. The third-order valence-corrected chi connectivity index (χ3v) is 4.44. The molecule has 3 rings (SSSR count). The molecule has 0 bridgehead atoms. The van der Waals surface area contributed by atoms with Crippen molar-refractivity contribution in [3.05, 3.63) is 35.4 Å². The Morgan fingerprint density at radius 2 is 2.00 bits per heavy atom. The van der Waals surface area contributed by atoms with Gasteiger partial charge in [-0.05, 0) is 49.5 Å². The van der Waals surface area contributed by atoms with Crippen molar-refractivity contribution in [2.75, 3.05) is 26.2 Å². The average molecular weight is 367 g/mol. The molecule has 2 heterocycles. The SMILES string of the molecule is Cl.O=C(NCC1CCCNC1)c1ccc(CN2C(=O)CNC2=O)cc1. The first kappa shape index (κ1) is 19.2. The molecular weight excluding hydrogens is 344 g/mol. The van der Waals surface area contributed by atoms with Crippen molar-refractivity contribution in [3.63, 3.8) is 0 Å². The molecule has 136 valence electrons. The number of hydrogen-bond acceptors (Lipinski definition) is 4. The highest BCUT2D eigenvalue weighted by atomic mass is 35.5. The van der Waals surface area contributed by atoms with Crippen molar-refractivity contribution in [2.45, 2.75) is 19.4 Å². The number of carbonyl (C=O) groups is 3. The predicted molar refractivity (Wildman–Crippen MR) is 95.6 cm³/mol. The molecule has 4 amide bonds. The lowest BCUT2D eigenvalue weighted by atomic mass is 9.99. The second kappa shape index (κ2) is 8.82. The lowest BCUT2D eigenvalue weighted by molar-refractivity contribution is -0.125. The normalized spacial score (nSPS) is 20.0. The zero-order valence-electron chi connectivity index (χ0n) is 13.9. The molecule has 2 saturated heterocycles. The van der Waals surface area contributed by atoms with Crippen molar-refractivity contribution >= 4 is 30.3 Å². The van der Waals surface area contributed by atoms with Gasteiger partial charge in [0.15, 0.2) is 0 Å². The van der Waals surface area contributed by atoms with Gasteiger partial charge in [-0.1, -0.05) is 12.1 Å². The summed E-state index contributed by atoms with van der Waals surface area (Å²) in [4.78, 5) is 36.5. The minimum Gasteiger partial charge on any atom is -0.352 e. The molecule has 2 aliphatic rings. The first-order valence-corrected chi connectivity index (χ1v) is 8.29. The first-order chi connectivity index (χ1) is 11.6. The molecule has 0 saturated carbocycles. The fourth-order valence-electron chi connectivity index (χ4n) is 3.00. The van der Waals surface area contributed by atoms with Crippen LogP contribution in [0.15, 0.2) is 24.3 Å². The van der Waals surface area contributed by atoms with Crippen molar-refractivity contribution in [2.24, 2.45) is 5.92 Å². The number of halogens is 1. The van der Waals surface area contributed by atoms with Gasteiger partial charge in [0.1, 0.15) is 0 Å². The first-order valence-electron chi connectivity index (χ1n) is 8.29. The highest BCUT2D eigenvalue weighted by molar-refractivity contribution is 6.01. The van der Waals surface area contributed by atoms with Gasteiger partial charge in [0, 0.05) is 12.1 Å². The van der Waals surface area contributed by atoms with E-state index in [4.69, 9.17) is 0 Å². The number of benzene rings is 1. The Bertz CT molecular complexity index is 613. The van der Waals surface area contributed by atoms with Crippen molar-refractivity contribution in [3.8, 4) is 0 Å². The molecule has 1 aromatic rings. The number of nitrogens with zero attached hydrogens (tertiary/aromatic N) is 1. The van der Waals surface area contributed by atoms with Gasteiger partial charge < -0.3 is 16.0 Å². The summed E-state index contributed by atoms with van der Waals surface area (Å²) in [6.45, 7) is 2.96. The third-order valence-electron chi connectivity index (χ3n) is 4.44. The average Bonchev–Trinajstić information content (AvgIpc) is 2.93. The molecule has 1 atom stereocenters. The fraction of sp³-hybridized carbons (Fsp3) is 0.471.